The number of rotatable bonds is 6. The zero-order valence-electron chi connectivity index (χ0n) is 12.6. The van der Waals surface area contributed by atoms with Crippen molar-refractivity contribution in [1.29, 1.82) is 0 Å². The molecule has 1 unspecified atom stereocenters. The van der Waals surface area contributed by atoms with Crippen LogP contribution in [0.15, 0.2) is 24.8 Å². The molecule has 1 aliphatic rings. The molecule has 20 heavy (non-hydrogen) atoms. The van der Waals surface area contributed by atoms with Crippen molar-refractivity contribution in [2.24, 2.45) is 11.8 Å². The second kappa shape index (κ2) is 8.56. The molecule has 0 bridgehead atoms. The van der Waals surface area contributed by atoms with Crippen LogP contribution in [0.2, 0.25) is 0 Å². The van der Waals surface area contributed by atoms with E-state index < -0.39 is 0 Å². The van der Waals surface area contributed by atoms with Gasteiger partial charge >= 0.3 is 0 Å². The molecule has 0 radical (unpaired) electrons. The van der Waals surface area contributed by atoms with Crippen LogP contribution in [-0.2, 0) is 9.59 Å². The second-order valence-electron chi connectivity index (χ2n) is 5.62. The molecule has 1 fully saturated rings. The summed E-state index contributed by atoms with van der Waals surface area (Å²) >= 11 is 0. The van der Waals surface area contributed by atoms with E-state index in [2.05, 4.69) is 11.9 Å². The Labute approximate surface area is 121 Å². The lowest BCUT2D eigenvalue weighted by Crippen LogP contribution is -2.44. The van der Waals surface area contributed by atoms with Crippen molar-refractivity contribution < 1.29 is 9.59 Å². The summed E-state index contributed by atoms with van der Waals surface area (Å²) in [6.45, 7) is 9.61. The Kier molecular flexibility index (Phi) is 7.05. The molecule has 1 saturated heterocycles. The number of carbonyl (C=O) groups excluding carboxylic acids is 2. The zero-order chi connectivity index (χ0) is 15.0. The molecular weight excluding hydrogens is 252 g/mol. The van der Waals surface area contributed by atoms with E-state index in [0.717, 1.165) is 25.9 Å². The third-order valence-electron chi connectivity index (χ3n) is 3.53. The van der Waals surface area contributed by atoms with Crippen molar-refractivity contribution in [2.45, 2.75) is 33.1 Å². The van der Waals surface area contributed by atoms with Crippen molar-refractivity contribution >= 4 is 11.8 Å². The Bertz CT molecular complexity index is 375. The SMILES string of the molecule is C=C/C=C/CC(=O)N1CCCC(CNC(=O)C(C)C)C1. The number of piperidine rings is 1. The average molecular weight is 278 g/mol. The molecule has 1 rings (SSSR count). The summed E-state index contributed by atoms with van der Waals surface area (Å²) in [4.78, 5) is 25.5. The summed E-state index contributed by atoms with van der Waals surface area (Å²) in [5.41, 5.74) is 0. The molecule has 1 N–H and O–H groups in total. The molecule has 4 nitrogen and oxygen atoms in total. The Hall–Kier alpha value is -1.58. The lowest BCUT2D eigenvalue weighted by molar-refractivity contribution is -0.132. The average Bonchev–Trinajstić information content (AvgIpc) is 2.45. The third-order valence-corrected chi connectivity index (χ3v) is 3.53. The Balaban J connectivity index is 2.38. The molecule has 112 valence electrons. The van der Waals surface area contributed by atoms with Crippen LogP contribution >= 0.6 is 0 Å². The highest BCUT2D eigenvalue weighted by Crippen LogP contribution is 2.16. The Morgan fingerprint density at radius 2 is 2.20 bits per heavy atom. The highest BCUT2D eigenvalue weighted by molar-refractivity contribution is 5.78. The summed E-state index contributed by atoms with van der Waals surface area (Å²) in [5.74, 6) is 0.629. The standard InChI is InChI=1S/C16H26N2O2/c1-4-5-6-9-15(19)18-10-7-8-14(12-18)11-17-16(20)13(2)3/h4-6,13-14H,1,7-12H2,2-3H3,(H,17,20)/b6-5+. The van der Waals surface area contributed by atoms with Gasteiger partial charge in [0, 0.05) is 32.0 Å². The fourth-order valence-corrected chi connectivity index (χ4v) is 2.30. The summed E-state index contributed by atoms with van der Waals surface area (Å²) in [6, 6.07) is 0. The number of carbonyl (C=O) groups is 2. The normalized spacial score (nSPS) is 19.4. The summed E-state index contributed by atoms with van der Waals surface area (Å²) in [6.07, 6.45) is 7.82. The topological polar surface area (TPSA) is 49.4 Å². The Morgan fingerprint density at radius 1 is 1.45 bits per heavy atom. The van der Waals surface area contributed by atoms with Crippen molar-refractivity contribution in [2.75, 3.05) is 19.6 Å². The summed E-state index contributed by atoms with van der Waals surface area (Å²) in [7, 11) is 0. The van der Waals surface area contributed by atoms with Gasteiger partial charge in [-0.05, 0) is 18.8 Å². The van der Waals surface area contributed by atoms with Gasteiger partial charge in [-0.1, -0.05) is 38.7 Å². The maximum atomic E-state index is 12.0. The fraction of sp³-hybridized carbons (Fsp3) is 0.625. The molecule has 1 atom stereocenters. The first kappa shape index (κ1) is 16.5. The molecule has 4 heteroatoms. The highest BCUT2D eigenvalue weighted by Gasteiger charge is 2.23. The van der Waals surface area contributed by atoms with Crippen LogP contribution in [0.1, 0.15) is 33.1 Å². The second-order valence-corrected chi connectivity index (χ2v) is 5.62. The Morgan fingerprint density at radius 3 is 2.85 bits per heavy atom. The van der Waals surface area contributed by atoms with E-state index >= 15 is 0 Å². The maximum absolute atomic E-state index is 12.0. The van der Waals surface area contributed by atoms with Crippen LogP contribution in [0.5, 0.6) is 0 Å². The minimum Gasteiger partial charge on any atom is -0.356 e. The van der Waals surface area contributed by atoms with Crippen LogP contribution in [0.25, 0.3) is 0 Å². The predicted molar refractivity (Wildman–Crippen MR) is 81.1 cm³/mol. The van der Waals surface area contributed by atoms with E-state index in [1.165, 1.54) is 0 Å². The molecule has 0 aromatic heterocycles. The summed E-state index contributed by atoms with van der Waals surface area (Å²) in [5, 5.41) is 2.96. The number of nitrogens with zero attached hydrogens (tertiary/aromatic N) is 1. The fourth-order valence-electron chi connectivity index (χ4n) is 2.30. The first-order chi connectivity index (χ1) is 9.54. The number of nitrogens with one attached hydrogen (secondary N) is 1. The van der Waals surface area contributed by atoms with Gasteiger partial charge in [0.25, 0.3) is 0 Å². The first-order valence-corrected chi connectivity index (χ1v) is 7.37. The van der Waals surface area contributed by atoms with Gasteiger partial charge in [0.1, 0.15) is 0 Å². The van der Waals surface area contributed by atoms with Gasteiger partial charge in [0.05, 0.1) is 0 Å². The van der Waals surface area contributed by atoms with E-state index in [9.17, 15) is 9.59 Å². The molecule has 0 aromatic rings. The lowest BCUT2D eigenvalue weighted by Gasteiger charge is -2.33. The minimum absolute atomic E-state index is 0.0142. The van der Waals surface area contributed by atoms with Gasteiger partial charge < -0.3 is 10.2 Å². The smallest absolute Gasteiger partial charge is 0.226 e. The number of hydrogen-bond acceptors (Lipinski definition) is 2. The van der Waals surface area contributed by atoms with Crippen molar-refractivity contribution in [3.63, 3.8) is 0 Å². The van der Waals surface area contributed by atoms with Crippen molar-refractivity contribution in [1.82, 2.24) is 10.2 Å². The molecule has 1 heterocycles. The van der Waals surface area contributed by atoms with E-state index in [-0.39, 0.29) is 17.7 Å². The predicted octanol–water partition coefficient (Wildman–Crippen LogP) is 2.13. The highest BCUT2D eigenvalue weighted by atomic mass is 16.2. The monoisotopic (exact) mass is 278 g/mol. The van der Waals surface area contributed by atoms with Crippen molar-refractivity contribution in [3.05, 3.63) is 24.8 Å². The van der Waals surface area contributed by atoms with Crippen molar-refractivity contribution in [3.8, 4) is 0 Å². The van der Waals surface area contributed by atoms with E-state index in [1.807, 2.05) is 24.8 Å². The molecule has 1 aliphatic heterocycles. The largest absolute Gasteiger partial charge is 0.356 e. The van der Waals surface area contributed by atoms with Crippen LogP contribution < -0.4 is 5.32 Å². The van der Waals surface area contributed by atoms with Gasteiger partial charge in [-0.25, -0.2) is 0 Å². The van der Waals surface area contributed by atoms with E-state index in [1.54, 1.807) is 12.2 Å². The summed E-state index contributed by atoms with van der Waals surface area (Å²) < 4.78 is 0. The quantitative estimate of drug-likeness (QED) is 0.757. The molecule has 0 aromatic carbocycles. The third kappa shape index (κ3) is 5.59. The van der Waals surface area contributed by atoms with Gasteiger partial charge in [0.15, 0.2) is 0 Å². The molecule has 2 amide bonds. The first-order valence-electron chi connectivity index (χ1n) is 7.37. The molecular formula is C16H26N2O2. The van der Waals surface area contributed by atoms with E-state index in [0.29, 0.717) is 18.9 Å². The van der Waals surface area contributed by atoms with Crippen LogP contribution in [0.3, 0.4) is 0 Å². The van der Waals surface area contributed by atoms with Gasteiger partial charge in [-0.2, -0.15) is 0 Å². The zero-order valence-corrected chi connectivity index (χ0v) is 12.6. The lowest BCUT2D eigenvalue weighted by atomic mass is 9.97. The molecule has 0 aliphatic carbocycles. The van der Waals surface area contributed by atoms with Gasteiger partial charge in [-0.15, -0.1) is 0 Å². The number of likely N-dealkylation sites (tertiary alicyclic amines) is 1. The van der Waals surface area contributed by atoms with Crippen LogP contribution in [0.4, 0.5) is 0 Å². The number of allylic oxidation sites excluding steroid dienone is 2. The van der Waals surface area contributed by atoms with Crippen LogP contribution in [0, 0.1) is 11.8 Å². The number of amides is 2. The molecule has 0 saturated carbocycles. The van der Waals surface area contributed by atoms with Crippen LogP contribution in [-0.4, -0.2) is 36.3 Å². The molecule has 0 spiro atoms. The van der Waals surface area contributed by atoms with E-state index in [4.69, 9.17) is 0 Å². The van der Waals surface area contributed by atoms with Gasteiger partial charge in [-0.3, -0.25) is 9.59 Å². The van der Waals surface area contributed by atoms with Gasteiger partial charge in [0.2, 0.25) is 11.8 Å². The minimum atomic E-state index is 0.0142. The maximum Gasteiger partial charge on any atom is 0.226 e. The number of hydrogen-bond donors (Lipinski definition) is 1.